The molecule has 1 saturated heterocycles. The Morgan fingerprint density at radius 3 is 2.50 bits per heavy atom. The van der Waals surface area contributed by atoms with E-state index in [0.29, 0.717) is 5.69 Å². The zero-order valence-electron chi connectivity index (χ0n) is 9.86. The molecule has 1 fully saturated rings. The summed E-state index contributed by atoms with van der Waals surface area (Å²) in [5.41, 5.74) is 6.40. The summed E-state index contributed by atoms with van der Waals surface area (Å²) in [6.45, 7) is -0.162. The van der Waals surface area contributed by atoms with E-state index in [1.54, 1.807) is 0 Å². The summed E-state index contributed by atoms with van der Waals surface area (Å²) in [6.07, 6.45) is 0.867. The normalized spacial score (nSPS) is 19.2. The number of nitrogen functional groups attached to an aromatic ring is 1. The first-order valence-corrected chi connectivity index (χ1v) is 7.30. The zero-order chi connectivity index (χ0) is 13.6. The highest BCUT2D eigenvalue weighted by atomic mass is 32.2. The van der Waals surface area contributed by atoms with Crippen molar-refractivity contribution in [2.75, 3.05) is 30.0 Å². The first-order chi connectivity index (χ1) is 8.19. The molecular weight excluding hydrogens is 262 g/mol. The van der Waals surface area contributed by atoms with Crippen molar-refractivity contribution in [3.05, 3.63) is 18.2 Å². The fourth-order valence-electron chi connectivity index (χ4n) is 1.99. The van der Waals surface area contributed by atoms with E-state index in [-0.39, 0.29) is 30.1 Å². The van der Waals surface area contributed by atoms with E-state index in [0.717, 1.165) is 6.26 Å². The molecule has 0 radical (unpaired) electrons. The van der Waals surface area contributed by atoms with Crippen LogP contribution in [0.4, 0.5) is 20.2 Å². The predicted molar refractivity (Wildman–Crippen MR) is 65.7 cm³/mol. The monoisotopic (exact) mass is 276 g/mol. The van der Waals surface area contributed by atoms with Gasteiger partial charge in [-0.25, -0.2) is 17.2 Å². The summed E-state index contributed by atoms with van der Waals surface area (Å²) in [6, 6.07) is 4.17. The van der Waals surface area contributed by atoms with E-state index in [1.807, 2.05) is 0 Å². The van der Waals surface area contributed by atoms with Gasteiger partial charge in [-0.3, -0.25) is 0 Å². The lowest BCUT2D eigenvalue weighted by atomic mass is 10.2. The predicted octanol–water partition coefficient (Wildman–Crippen LogP) is 1.52. The second-order valence-corrected chi connectivity index (χ2v) is 6.54. The van der Waals surface area contributed by atoms with Crippen molar-refractivity contribution in [2.24, 2.45) is 0 Å². The lowest BCUT2D eigenvalue weighted by Crippen LogP contribution is -2.25. The van der Waals surface area contributed by atoms with Crippen LogP contribution in [-0.2, 0) is 9.84 Å². The van der Waals surface area contributed by atoms with Crippen molar-refractivity contribution in [3.8, 4) is 0 Å². The maximum absolute atomic E-state index is 13.1. The van der Waals surface area contributed by atoms with E-state index in [1.165, 1.54) is 23.1 Å². The lowest BCUT2D eigenvalue weighted by Gasteiger charge is -2.20. The number of alkyl halides is 2. The maximum Gasteiger partial charge on any atom is 0.266 e. The number of rotatable bonds is 2. The van der Waals surface area contributed by atoms with Gasteiger partial charge in [0.1, 0.15) is 0 Å². The molecular formula is C11H14F2N2O2S. The summed E-state index contributed by atoms with van der Waals surface area (Å²) < 4.78 is 48.9. The molecule has 0 amide bonds. The fourth-order valence-corrected chi connectivity index (χ4v) is 2.65. The second kappa shape index (κ2) is 4.08. The molecule has 0 saturated carbocycles. The molecule has 1 aromatic rings. The Balaban J connectivity index is 2.32. The summed E-state index contributed by atoms with van der Waals surface area (Å²) in [7, 11) is -3.34. The standard InChI is InChI=1S/C11H14F2N2O2S/c1-18(16,17)8-2-3-10(9(14)6-8)15-5-4-11(12,13)7-15/h2-3,6H,4-5,7,14H2,1H3. The smallest absolute Gasteiger partial charge is 0.266 e. The van der Waals surface area contributed by atoms with Crippen LogP contribution in [0.1, 0.15) is 6.42 Å². The number of nitrogens with two attached hydrogens (primary N) is 1. The van der Waals surface area contributed by atoms with Crippen LogP contribution >= 0.6 is 0 Å². The quantitative estimate of drug-likeness (QED) is 0.832. The highest BCUT2D eigenvalue weighted by Gasteiger charge is 2.38. The van der Waals surface area contributed by atoms with Gasteiger partial charge < -0.3 is 10.6 Å². The zero-order valence-corrected chi connectivity index (χ0v) is 10.7. The molecule has 1 aliphatic rings. The molecule has 0 bridgehead atoms. The molecule has 18 heavy (non-hydrogen) atoms. The summed E-state index contributed by atoms with van der Waals surface area (Å²) in [5.74, 6) is -2.71. The van der Waals surface area contributed by atoms with Crippen LogP contribution in [0, 0.1) is 0 Å². The topological polar surface area (TPSA) is 63.4 Å². The number of hydrogen-bond acceptors (Lipinski definition) is 4. The molecule has 2 N–H and O–H groups in total. The number of halogens is 2. The Labute approximate surface area is 104 Å². The van der Waals surface area contributed by atoms with E-state index >= 15 is 0 Å². The molecule has 1 aliphatic heterocycles. The summed E-state index contributed by atoms with van der Waals surface area (Å²) >= 11 is 0. The summed E-state index contributed by atoms with van der Waals surface area (Å²) in [5, 5.41) is 0. The molecule has 4 nitrogen and oxygen atoms in total. The Hall–Kier alpha value is -1.37. The Kier molecular flexibility index (Phi) is 2.96. The minimum atomic E-state index is -3.34. The number of hydrogen-bond donors (Lipinski definition) is 1. The Morgan fingerprint density at radius 1 is 1.39 bits per heavy atom. The highest BCUT2D eigenvalue weighted by Crippen LogP contribution is 2.34. The molecule has 100 valence electrons. The first-order valence-electron chi connectivity index (χ1n) is 5.41. The fraction of sp³-hybridized carbons (Fsp3) is 0.455. The van der Waals surface area contributed by atoms with Crippen molar-refractivity contribution in [1.82, 2.24) is 0 Å². The third-order valence-corrected chi connectivity index (χ3v) is 4.05. The third-order valence-electron chi connectivity index (χ3n) is 2.94. The first kappa shape index (κ1) is 13.1. The molecule has 1 aromatic carbocycles. The average molecular weight is 276 g/mol. The van der Waals surface area contributed by atoms with Crippen LogP contribution in [0.2, 0.25) is 0 Å². The van der Waals surface area contributed by atoms with E-state index in [2.05, 4.69) is 0 Å². The van der Waals surface area contributed by atoms with Gasteiger partial charge in [-0.1, -0.05) is 0 Å². The van der Waals surface area contributed by atoms with Crippen molar-refractivity contribution in [3.63, 3.8) is 0 Å². The van der Waals surface area contributed by atoms with Crippen molar-refractivity contribution >= 4 is 21.2 Å². The van der Waals surface area contributed by atoms with Gasteiger partial charge in [0, 0.05) is 19.2 Å². The number of benzene rings is 1. The van der Waals surface area contributed by atoms with Crippen LogP contribution in [0.25, 0.3) is 0 Å². The van der Waals surface area contributed by atoms with E-state index in [9.17, 15) is 17.2 Å². The van der Waals surface area contributed by atoms with E-state index in [4.69, 9.17) is 5.73 Å². The van der Waals surface area contributed by atoms with Gasteiger partial charge in [-0.05, 0) is 18.2 Å². The molecule has 1 heterocycles. The molecule has 0 unspecified atom stereocenters. The number of sulfone groups is 1. The van der Waals surface area contributed by atoms with Gasteiger partial charge in [0.2, 0.25) is 0 Å². The van der Waals surface area contributed by atoms with E-state index < -0.39 is 15.8 Å². The van der Waals surface area contributed by atoms with Gasteiger partial charge in [0.25, 0.3) is 5.92 Å². The molecule has 0 atom stereocenters. The van der Waals surface area contributed by atoms with Gasteiger partial charge in [0.05, 0.1) is 22.8 Å². The van der Waals surface area contributed by atoms with Gasteiger partial charge in [-0.15, -0.1) is 0 Å². The van der Waals surface area contributed by atoms with Crippen molar-refractivity contribution < 1.29 is 17.2 Å². The minimum Gasteiger partial charge on any atom is -0.397 e. The van der Waals surface area contributed by atoms with Gasteiger partial charge in [0.15, 0.2) is 9.84 Å². The Bertz CT molecular complexity index is 572. The second-order valence-electron chi connectivity index (χ2n) is 4.52. The highest BCUT2D eigenvalue weighted by molar-refractivity contribution is 7.90. The molecule has 0 aliphatic carbocycles. The number of nitrogens with zero attached hydrogens (tertiary/aromatic N) is 1. The van der Waals surface area contributed by atoms with Crippen LogP contribution in [0.3, 0.4) is 0 Å². The molecule has 0 aromatic heterocycles. The van der Waals surface area contributed by atoms with Crippen LogP contribution in [0.5, 0.6) is 0 Å². The average Bonchev–Trinajstić information content (AvgIpc) is 2.57. The SMILES string of the molecule is CS(=O)(=O)c1ccc(N2CCC(F)(F)C2)c(N)c1. The number of anilines is 2. The molecule has 0 spiro atoms. The molecule has 7 heteroatoms. The molecule has 2 rings (SSSR count). The third kappa shape index (κ3) is 2.55. The van der Waals surface area contributed by atoms with Crippen LogP contribution in [0.15, 0.2) is 23.1 Å². The maximum atomic E-state index is 13.1. The van der Waals surface area contributed by atoms with Crippen LogP contribution in [-0.4, -0.2) is 33.7 Å². The summed E-state index contributed by atoms with van der Waals surface area (Å²) in [4.78, 5) is 1.57. The van der Waals surface area contributed by atoms with Crippen molar-refractivity contribution in [1.29, 1.82) is 0 Å². The van der Waals surface area contributed by atoms with Crippen LogP contribution < -0.4 is 10.6 Å². The largest absolute Gasteiger partial charge is 0.397 e. The lowest BCUT2D eigenvalue weighted by molar-refractivity contribution is 0.0257. The van der Waals surface area contributed by atoms with Crippen molar-refractivity contribution in [2.45, 2.75) is 17.2 Å². The Morgan fingerprint density at radius 2 is 2.06 bits per heavy atom. The van der Waals surface area contributed by atoms with Gasteiger partial charge in [-0.2, -0.15) is 0 Å². The van der Waals surface area contributed by atoms with Gasteiger partial charge >= 0.3 is 0 Å². The minimum absolute atomic E-state index is 0.0923.